The summed E-state index contributed by atoms with van der Waals surface area (Å²) < 4.78 is 16.4. The zero-order valence-electron chi connectivity index (χ0n) is 18.3. The van der Waals surface area contributed by atoms with E-state index in [2.05, 4.69) is 34.1 Å². The molecule has 1 atom stereocenters. The van der Waals surface area contributed by atoms with Crippen molar-refractivity contribution >= 4 is 28.7 Å². The van der Waals surface area contributed by atoms with Crippen molar-refractivity contribution in [1.29, 1.82) is 0 Å². The van der Waals surface area contributed by atoms with E-state index >= 15 is 0 Å². The predicted molar refractivity (Wildman–Crippen MR) is 123 cm³/mol. The fourth-order valence-corrected chi connectivity index (χ4v) is 5.04. The number of carbonyl (C=O) groups excluding carboxylic acids is 1. The minimum absolute atomic E-state index is 0.0583. The Morgan fingerprint density at radius 3 is 2.75 bits per heavy atom. The third-order valence-electron chi connectivity index (χ3n) is 5.73. The van der Waals surface area contributed by atoms with Crippen LogP contribution in [0.5, 0.6) is 0 Å². The standard InChI is InChI=1S/C22H27FN6O2S/c1-3-27(4-2)11-5-10-24-19(30)12-17-14-32-22-26-20-18(21(31)28(17)22)13-25-29(20)16-8-6-15(23)7-9-16/h6-9,13,17H,3-5,10-12,14H2,1-2H3,(H,24,30). The number of rotatable bonds is 9. The summed E-state index contributed by atoms with van der Waals surface area (Å²) in [5.74, 6) is 0.215. The molecule has 170 valence electrons. The normalized spacial score (nSPS) is 15.4. The van der Waals surface area contributed by atoms with E-state index < -0.39 is 0 Å². The number of halogens is 1. The van der Waals surface area contributed by atoms with E-state index in [-0.39, 0.29) is 29.7 Å². The van der Waals surface area contributed by atoms with Gasteiger partial charge in [-0.3, -0.25) is 14.2 Å². The van der Waals surface area contributed by atoms with Crippen LogP contribution in [0.4, 0.5) is 4.39 Å². The first-order valence-electron chi connectivity index (χ1n) is 10.9. The largest absolute Gasteiger partial charge is 0.356 e. The zero-order chi connectivity index (χ0) is 22.7. The Balaban J connectivity index is 1.47. The Morgan fingerprint density at radius 2 is 2.03 bits per heavy atom. The molecule has 32 heavy (non-hydrogen) atoms. The van der Waals surface area contributed by atoms with E-state index in [1.807, 2.05) is 0 Å². The van der Waals surface area contributed by atoms with E-state index in [4.69, 9.17) is 0 Å². The van der Waals surface area contributed by atoms with Crippen LogP contribution in [-0.4, -0.2) is 62.1 Å². The fourth-order valence-electron chi connectivity index (χ4n) is 3.91. The molecule has 1 N–H and O–H groups in total. The zero-order valence-corrected chi connectivity index (χ0v) is 19.1. The quantitative estimate of drug-likeness (QED) is 0.392. The summed E-state index contributed by atoms with van der Waals surface area (Å²) >= 11 is 1.46. The van der Waals surface area contributed by atoms with Gasteiger partial charge in [-0.2, -0.15) is 5.10 Å². The Morgan fingerprint density at radius 1 is 1.28 bits per heavy atom. The van der Waals surface area contributed by atoms with Crippen LogP contribution in [0.25, 0.3) is 16.7 Å². The molecule has 2 aromatic heterocycles. The van der Waals surface area contributed by atoms with Gasteiger partial charge in [-0.1, -0.05) is 25.6 Å². The molecule has 3 aromatic rings. The second-order valence-corrected chi connectivity index (χ2v) is 8.73. The van der Waals surface area contributed by atoms with Gasteiger partial charge in [-0.15, -0.1) is 0 Å². The van der Waals surface area contributed by atoms with Crippen LogP contribution in [0, 0.1) is 5.82 Å². The monoisotopic (exact) mass is 458 g/mol. The molecule has 3 heterocycles. The number of nitrogens with zero attached hydrogens (tertiary/aromatic N) is 5. The molecule has 4 rings (SSSR count). The molecule has 1 aliphatic heterocycles. The van der Waals surface area contributed by atoms with E-state index in [1.165, 1.54) is 34.8 Å². The number of aromatic nitrogens is 4. The van der Waals surface area contributed by atoms with Gasteiger partial charge in [0, 0.05) is 18.7 Å². The lowest BCUT2D eigenvalue weighted by Crippen LogP contribution is -2.32. The molecule has 1 aliphatic rings. The summed E-state index contributed by atoms with van der Waals surface area (Å²) in [5, 5.41) is 8.21. The molecule has 0 fully saturated rings. The van der Waals surface area contributed by atoms with Crippen LogP contribution in [0.3, 0.4) is 0 Å². The van der Waals surface area contributed by atoms with Gasteiger partial charge in [0.2, 0.25) is 5.91 Å². The summed E-state index contributed by atoms with van der Waals surface area (Å²) in [4.78, 5) is 32.6. The summed E-state index contributed by atoms with van der Waals surface area (Å²) in [6, 6.07) is 5.63. The first kappa shape index (κ1) is 22.5. The minimum Gasteiger partial charge on any atom is -0.356 e. The Kier molecular flexibility index (Phi) is 6.90. The van der Waals surface area contributed by atoms with Gasteiger partial charge in [0.25, 0.3) is 5.56 Å². The van der Waals surface area contributed by atoms with Gasteiger partial charge in [-0.25, -0.2) is 14.1 Å². The number of hydrogen-bond donors (Lipinski definition) is 1. The fraction of sp³-hybridized carbons (Fsp3) is 0.455. The third-order valence-corrected chi connectivity index (χ3v) is 6.83. The molecule has 0 saturated carbocycles. The van der Waals surface area contributed by atoms with Crippen molar-refractivity contribution in [1.82, 2.24) is 29.5 Å². The molecule has 1 aromatic carbocycles. The number of benzene rings is 1. The minimum atomic E-state index is -0.344. The summed E-state index contributed by atoms with van der Waals surface area (Å²) in [6.45, 7) is 7.84. The number of carbonyl (C=O) groups is 1. The Labute approximate surface area is 189 Å². The van der Waals surface area contributed by atoms with Gasteiger partial charge in [0.1, 0.15) is 11.2 Å². The van der Waals surface area contributed by atoms with Gasteiger partial charge >= 0.3 is 0 Å². The number of nitrogens with one attached hydrogen (secondary N) is 1. The maximum absolute atomic E-state index is 13.3. The smallest absolute Gasteiger partial charge is 0.265 e. The van der Waals surface area contributed by atoms with Gasteiger partial charge in [0.15, 0.2) is 10.8 Å². The molecule has 0 saturated heterocycles. The molecule has 1 unspecified atom stereocenters. The van der Waals surface area contributed by atoms with Crippen molar-refractivity contribution in [3.8, 4) is 5.69 Å². The van der Waals surface area contributed by atoms with Crippen molar-refractivity contribution in [2.45, 2.75) is 37.9 Å². The molecule has 1 amide bonds. The van der Waals surface area contributed by atoms with Crippen LogP contribution in [-0.2, 0) is 4.79 Å². The van der Waals surface area contributed by atoms with Crippen LogP contribution in [0.2, 0.25) is 0 Å². The van der Waals surface area contributed by atoms with Crippen LogP contribution in [0.1, 0.15) is 32.7 Å². The average Bonchev–Trinajstić information content (AvgIpc) is 3.39. The van der Waals surface area contributed by atoms with Crippen molar-refractivity contribution in [2.24, 2.45) is 0 Å². The maximum atomic E-state index is 13.3. The van der Waals surface area contributed by atoms with Crippen molar-refractivity contribution < 1.29 is 9.18 Å². The summed E-state index contributed by atoms with van der Waals surface area (Å²) in [5.41, 5.74) is 0.853. The third kappa shape index (κ3) is 4.56. The number of thioether (sulfide) groups is 1. The number of fused-ring (bicyclic) bond motifs is 2. The molecular formula is C22H27FN6O2S. The highest BCUT2D eigenvalue weighted by Gasteiger charge is 2.29. The lowest BCUT2D eigenvalue weighted by Gasteiger charge is -2.18. The van der Waals surface area contributed by atoms with E-state index in [0.29, 0.717) is 34.2 Å². The lowest BCUT2D eigenvalue weighted by molar-refractivity contribution is -0.121. The first-order chi connectivity index (χ1) is 15.5. The first-order valence-corrected chi connectivity index (χ1v) is 11.9. The van der Waals surface area contributed by atoms with Crippen molar-refractivity contribution in [3.63, 3.8) is 0 Å². The number of amides is 1. The van der Waals surface area contributed by atoms with Gasteiger partial charge in [-0.05, 0) is 50.3 Å². The highest BCUT2D eigenvalue weighted by Crippen LogP contribution is 2.33. The van der Waals surface area contributed by atoms with Crippen molar-refractivity contribution in [3.05, 3.63) is 46.6 Å². The Hall–Kier alpha value is -2.72. The Bertz CT molecular complexity index is 1160. The molecule has 0 bridgehead atoms. The lowest BCUT2D eigenvalue weighted by atomic mass is 10.2. The maximum Gasteiger partial charge on any atom is 0.265 e. The second-order valence-electron chi connectivity index (χ2n) is 7.74. The molecule has 0 radical (unpaired) electrons. The van der Waals surface area contributed by atoms with Gasteiger partial charge < -0.3 is 10.2 Å². The van der Waals surface area contributed by atoms with Crippen LogP contribution < -0.4 is 10.9 Å². The van der Waals surface area contributed by atoms with Crippen LogP contribution in [0.15, 0.2) is 40.4 Å². The van der Waals surface area contributed by atoms with Crippen LogP contribution >= 0.6 is 11.8 Å². The SMILES string of the molecule is CCN(CC)CCCNC(=O)CC1CSc2nc3c(cnn3-c3ccc(F)cc3)c(=O)n21. The molecule has 0 spiro atoms. The molecule has 0 aliphatic carbocycles. The van der Waals surface area contributed by atoms with E-state index in [1.54, 1.807) is 16.7 Å². The molecule has 10 heteroatoms. The highest BCUT2D eigenvalue weighted by atomic mass is 32.2. The van der Waals surface area contributed by atoms with E-state index in [9.17, 15) is 14.0 Å². The topological polar surface area (TPSA) is 85.1 Å². The van der Waals surface area contributed by atoms with Crippen molar-refractivity contribution in [2.75, 3.05) is 31.9 Å². The number of hydrogen-bond acceptors (Lipinski definition) is 6. The summed E-state index contributed by atoms with van der Waals surface area (Å²) in [6.07, 6.45) is 2.62. The van der Waals surface area contributed by atoms with E-state index in [0.717, 1.165) is 26.1 Å². The summed E-state index contributed by atoms with van der Waals surface area (Å²) in [7, 11) is 0. The highest BCUT2D eigenvalue weighted by molar-refractivity contribution is 7.99. The predicted octanol–water partition coefficient (Wildman–Crippen LogP) is 2.61. The molecule has 8 nitrogen and oxygen atoms in total. The molecular weight excluding hydrogens is 431 g/mol. The average molecular weight is 459 g/mol. The van der Waals surface area contributed by atoms with Gasteiger partial charge in [0.05, 0.1) is 17.9 Å². The second kappa shape index (κ2) is 9.83.